The lowest BCUT2D eigenvalue weighted by Gasteiger charge is -2.36. The summed E-state index contributed by atoms with van der Waals surface area (Å²) in [6, 6.07) is 1.79. The Balaban J connectivity index is 2.23. The molecule has 0 aromatic carbocycles. The minimum absolute atomic E-state index is 0.0477. The van der Waals surface area contributed by atoms with Gasteiger partial charge in [-0.1, -0.05) is 18.5 Å². The first-order chi connectivity index (χ1) is 8.49. The molecule has 1 aliphatic heterocycles. The molecule has 2 atom stereocenters. The number of carbonyl (C=O) groups is 1. The molecule has 0 spiro atoms. The van der Waals surface area contributed by atoms with Crippen molar-refractivity contribution in [2.45, 2.75) is 32.7 Å². The fraction of sp³-hybridized carbons (Fsp3) is 0.538. The number of pyridine rings is 1. The van der Waals surface area contributed by atoms with Gasteiger partial charge in [-0.05, 0) is 31.7 Å². The van der Waals surface area contributed by atoms with Crippen LogP contribution in [0.1, 0.15) is 37.0 Å². The van der Waals surface area contributed by atoms with Crippen LogP contribution in [0, 0.1) is 5.92 Å². The Morgan fingerprint density at radius 2 is 2.28 bits per heavy atom. The fourth-order valence-electron chi connectivity index (χ4n) is 2.48. The van der Waals surface area contributed by atoms with Crippen LogP contribution in [0.25, 0.3) is 0 Å². The number of nitrogens with two attached hydrogens (primary N) is 1. The third-order valence-corrected chi connectivity index (χ3v) is 3.81. The number of rotatable bonds is 1. The molecule has 1 aromatic rings. The number of likely N-dealkylation sites (tertiary alicyclic amines) is 1. The van der Waals surface area contributed by atoms with Crippen molar-refractivity contribution in [1.82, 2.24) is 9.88 Å². The van der Waals surface area contributed by atoms with Crippen LogP contribution in [-0.4, -0.2) is 28.4 Å². The Morgan fingerprint density at radius 3 is 2.94 bits per heavy atom. The molecule has 0 saturated carbocycles. The first-order valence-corrected chi connectivity index (χ1v) is 6.59. The summed E-state index contributed by atoms with van der Waals surface area (Å²) in [6.45, 7) is 5.07. The summed E-state index contributed by atoms with van der Waals surface area (Å²) in [5.74, 6) is 0.941. The highest BCUT2D eigenvalue weighted by Crippen LogP contribution is 2.26. The number of piperidine rings is 1. The molecule has 2 heterocycles. The maximum absolute atomic E-state index is 12.4. The smallest absolute Gasteiger partial charge is 0.255 e. The number of amides is 1. The molecule has 1 aliphatic rings. The van der Waals surface area contributed by atoms with E-state index in [1.807, 2.05) is 4.90 Å². The van der Waals surface area contributed by atoms with Gasteiger partial charge in [0.2, 0.25) is 0 Å². The van der Waals surface area contributed by atoms with E-state index in [9.17, 15) is 4.79 Å². The van der Waals surface area contributed by atoms with Gasteiger partial charge in [-0.2, -0.15) is 0 Å². The van der Waals surface area contributed by atoms with Gasteiger partial charge in [0.05, 0.1) is 10.6 Å². The number of nitrogen functional groups attached to an aromatic ring is 1. The molecular formula is C13H18ClN3O. The summed E-state index contributed by atoms with van der Waals surface area (Å²) in [5.41, 5.74) is 6.06. The van der Waals surface area contributed by atoms with Gasteiger partial charge in [0.1, 0.15) is 5.82 Å². The Morgan fingerprint density at radius 1 is 1.56 bits per heavy atom. The lowest BCUT2D eigenvalue weighted by Crippen LogP contribution is -2.44. The van der Waals surface area contributed by atoms with Crippen molar-refractivity contribution in [1.29, 1.82) is 0 Å². The highest BCUT2D eigenvalue weighted by Gasteiger charge is 2.28. The summed E-state index contributed by atoms with van der Waals surface area (Å²) in [4.78, 5) is 18.2. The van der Waals surface area contributed by atoms with Crippen molar-refractivity contribution in [2.24, 2.45) is 5.92 Å². The highest BCUT2D eigenvalue weighted by molar-refractivity contribution is 6.33. The molecule has 2 unspecified atom stereocenters. The van der Waals surface area contributed by atoms with Crippen LogP contribution in [0.4, 0.5) is 5.82 Å². The van der Waals surface area contributed by atoms with Crippen molar-refractivity contribution in [3.05, 3.63) is 22.8 Å². The third-order valence-electron chi connectivity index (χ3n) is 3.51. The topological polar surface area (TPSA) is 59.2 Å². The maximum Gasteiger partial charge on any atom is 0.255 e. The van der Waals surface area contributed by atoms with Gasteiger partial charge in [-0.3, -0.25) is 4.79 Å². The minimum Gasteiger partial charge on any atom is -0.384 e. The van der Waals surface area contributed by atoms with E-state index in [-0.39, 0.29) is 11.9 Å². The number of carbonyl (C=O) groups excluding carboxylic acids is 1. The van der Waals surface area contributed by atoms with Crippen molar-refractivity contribution in [3.8, 4) is 0 Å². The summed E-state index contributed by atoms with van der Waals surface area (Å²) in [6.07, 6.45) is 3.50. The average Bonchev–Trinajstić information content (AvgIpc) is 2.31. The van der Waals surface area contributed by atoms with Crippen LogP contribution in [0.2, 0.25) is 5.02 Å². The maximum atomic E-state index is 12.4. The number of hydrogen-bond acceptors (Lipinski definition) is 3. The number of hydrogen-bond donors (Lipinski definition) is 1. The largest absolute Gasteiger partial charge is 0.384 e. The molecule has 0 radical (unpaired) electrons. The lowest BCUT2D eigenvalue weighted by molar-refractivity contribution is 0.0589. The first-order valence-electron chi connectivity index (χ1n) is 6.21. The first kappa shape index (κ1) is 13.1. The van der Waals surface area contributed by atoms with Gasteiger partial charge >= 0.3 is 0 Å². The highest BCUT2D eigenvalue weighted by atomic mass is 35.5. The van der Waals surface area contributed by atoms with Gasteiger partial charge in [0.15, 0.2) is 0 Å². The predicted molar refractivity (Wildman–Crippen MR) is 72.6 cm³/mol. The number of anilines is 1. The van der Waals surface area contributed by atoms with E-state index in [1.165, 1.54) is 6.20 Å². The second-order valence-electron chi connectivity index (χ2n) is 5.07. The Hall–Kier alpha value is -1.29. The number of halogens is 1. The average molecular weight is 268 g/mol. The van der Waals surface area contributed by atoms with Crippen molar-refractivity contribution in [3.63, 3.8) is 0 Å². The second kappa shape index (κ2) is 5.14. The SMILES string of the molecule is CC1CCN(C(=O)c2cc(N)ncc2Cl)C(C)C1. The Bertz CT molecular complexity index is 464. The van der Waals surface area contributed by atoms with Crippen LogP contribution in [-0.2, 0) is 0 Å². The van der Waals surface area contributed by atoms with Gasteiger partial charge in [0, 0.05) is 18.8 Å². The zero-order valence-electron chi connectivity index (χ0n) is 10.7. The van der Waals surface area contributed by atoms with Crippen LogP contribution < -0.4 is 5.73 Å². The molecular weight excluding hydrogens is 250 g/mol. The van der Waals surface area contributed by atoms with Gasteiger partial charge in [-0.25, -0.2) is 4.98 Å². The molecule has 1 amide bonds. The van der Waals surface area contributed by atoms with Crippen LogP contribution in [0.15, 0.2) is 12.3 Å². The van der Waals surface area contributed by atoms with E-state index in [1.54, 1.807) is 6.07 Å². The quantitative estimate of drug-likeness (QED) is 0.851. The van der Waals surface area contributed by atoms with Crippen LogP contribution >= 0.6 is 11.6 Å². The molecule has 1 saturated heterocycles. The summed E-state index contributed by atoms with van der Waals surface area (Å²) in [7, 11) is 0. The second-order valence-corrected chi connectivity index (χ2v) is 5.47. The van der Waals surface area contributed by atoms with Gasteiger partial charge < -0.3 is 10.6 Å². The lowest BCUT2D eigenvalue weighted by atomic mass is 9.93. The number of nitrogens with zero attached hydrogens (tertiary/aromatic N) is 2. The number of aromatic nitrogens is 1. The Labute approximate surface area is 112 Å². The molecule has 2 rings (SSSR count). The monoisotopic (exact) mass is 267 g/mol. The zero-order valence-corrected chi connectivity index (χ0v) is 11.4. The van der Waals surface area contributed by atoms with E-state index in [4.69, 9.17) is 17.3 Å². The van der Waals surface area contributed by atoms with Gasteiger partial charge in [-0.15, -0.1) is 0 Å². The molecule has 2 N–H and O–H groups in total. The van der Waals surface area contributed by atoms with E-state index in [0.29, 0.717) is 22.3 Å². The minimum atomic E-state index is -0.0477. The fourth-order valence-corrected chi connectivity index (χ4v) is 2.67. The summed E-state index contributed by atoms with van der Waals surface area (Å²) < 4.78 is 0. The zero-order chi connectivity index (χ0) is 13.3. The predicted octanol–water partition coefficient (Wildman–Crippen LogP) is 2.58. The molecule has 18 heavy (non-hydrogen) atoms. The standard InChI is InChI=1S/C13H18ClN3O/c1-8-3-4-17(9(2)5-8)13(18)10-6-12(15)16-7-11(10)14/h6-9H,3-5H2,1-2H3,(H2,15,16). The van der Waals surface area contributed by atoms with E-state index in [0.717, 1.165) is 19.4 Å². The van der Waals surface area contributed by atoms with Crippen molar-refractivity contribution >= 4 is 23.3 Å². The molecule has 4 nitrogen and oxygen atoms in total. The summed E-state index contributed by atoms with van der Waals surface area (Å²) >= 11 is 6.02. The Kier molecular flexibility index (Phi) is 3.76. The van der Waals surface area contributed by atoms with Crippen molar-refractivity contribution < 1.29 is 4.79 Å². The van der Waals surface area contributed by atoms with E-state index < -0.39 is 0 Å². The normalized spacial score (nSPS) is 24.1. The van der Waals surface area contributed by atoms with Crippen LogP contribution in [0.3, 0.4) is 0 Å². The van der Waals surface area contributed by atoms with E-state index in [2.05, 4.69) is 18.8 Å². The molecule has 98 valence electrons. The van der Waals surface area contributed by atoms with Crippen LogP contribution in [0.5, 0.6) is 0 Å². The molecule has 5 heteroatoms. The van der Waals surface area contributed by atoms with Crippen molar-refractivity contribution in [2.75, 3.05) is 12.3 Å². The molecule has 1 fully saturated rings. The molecule has 0 bridgehead atoms. The summed E-state index contributed by atoms with van der Waals surface area (Å²) in [5, 5.41) is 0.361. The van der Waals surface area contributed by atoms with E-state index >= 15 is 0 Å². The third kappa shape index (κ3) is 2.58. The molecule has 0 aliphatic carbocycles. The molecule has 1 aromatic heterocycles. The van der Waals surface area contributed by atoms with Gasteiger partial charge in [0.25, 0.3) is 5.91 Å².